The van der Waals surface area contributed by atoms with Crippen molar-refractivity contribution in [2.75, 3.05) is 6.61 Å². The molecule has 1 aromatic carbocycles. The molecular weight excluding hydrogens is 188 g/mol. The smallest absolute Gasteiger partial charge is 0.195 e. The van der Waals surface area contributed by atoms with Gasteiger partial charge >= 0.3 is 0 Å². The lowest BCUT2D eigenvalue weighted by Crippen LogP contribution is -2.19. The molecule has 0 amide bonds. The highest BCUT2D eigenvalue weighted by atomic mass is 16.5. The fourth-order valence-corrected chi connectivity index (χ4v) is 1.76. The minimum atomic E-state index is 0.0127. The highest BCUT2D eigenvalue weighted by Crippen LogP contribution is 2.34. The van der Waals surface area contributed by atoms with Crippen LogP contribution in [0.4, 0.5) is 0 Å². The van der Waals surface area contributed by atoms with Crippen LogP contribution >= 0.6 is 0 Å². The van der Waals surface area contributed by atoms with Crippen molar-refractivity contribution in [2.45, 2.75) is 19.8 Å². The topological polar surface area (TPSA) is 26.3 Å². The first kappa shape index (κ1) is 9.97. The Kier molecular flexibility index (Phi) is 2.35. The molecule has 78 valence electrons. The van der Waals surface area contributed by atoms with E-state index in [0.717, 1.165) is 11.3 Å². The van der Waals surface area contributed by atoms with Gasteiger partial charge < -0.3 is 4.74 Å². The maximum absolute atomic E-state index is 11.8. The molecule has 0 spiro atoms. The summed E-state index contributed by atoms with van der Waals surface area (Å²) in [6.07, 6.45) is 0. The molecule has 0 aromatic heterocycles. The molecule has 0 aliphatic carbocycles. The van der Waals surface area contributed by atoms with Gasteiger partial charge in [-0.05, 0) is 17.5 Å². The largest absolute Gasteiger partial charge is 0.488 e. The average Bonchev–Trinajstić information content (AvgIpc) is 2.23. The number of ether oxygens (including phenoxy) is 1. The Morgan fingerprint density at radius 2 is 2.13 bits per heavy atom. The second-order valence-corrected chi connectivity index (χ2v) is 4.10. The number of ketones is 1. The molecule has 1 aromatic rings. The van der Waals surface area contributed by atoms with Gasteiger partial charge in [-0.1, -0.05) is 32.6 Å². The second-order valence-electron chi connectivity index (χ2n) is 4.10. The van der Waals surface area contributed by atoms with E-state index in [1.54, 1.807) is 6.07 Å². The van der Waals surface area contributed by atoms with Crippen LogP contribution in [0, 0.1) is 0 Å². The van der Waals surface area contributed by atoms with Gasteiger partial charge in [0.1, 0.15) is 12.4 Å². The van der Waals surface area contributed by atoms with Crippen molar-refractivity contribution in [2.24, 2.45) is 0 Å². The average molecular weight is 202 g/mol. The van der Waals surface area contributed by atoms with E-state index >= 15 is 0 Å². The number of para-hydroxylation sites is 1. The molecule has 1 aliphatic heterocycles. The van der Waals surface area contributed by atoms with Crippen LogP contribution in [0.3, 0.4) is 0 Å². The van der Waals surface area contributed by atoms with Crippen molar-refractivity contribution in [3.8, 4) is 5.75 Å². The van der Waals surface area contributed by atoms with E-state index in [1.165, 1.54) is 0 Å². The number of carbonyl (C=O) groups excluding carboxylic acids is 1. The Bertz CT molecular complexity index is 430. The molecule has 0 atom stereocenters. The third-order valence-electron chi connectivity index (χ3n) is 2.62. The molecule has 0 radical (unpaired) electrons. The molecule has 0 unspecified atom stereocenters. The third-order valence-corrected chi connectivity index (χ3v) is 2.62. The van der Waals surface area contributed by atoms with Gasteiger partial charge in [-0.2, -0.15) is 0 Å². The van der Waals surface area contributed by atoms with Crippen molar-refractivity contribution >= 4 is 5.78 Å². The summed E-state index contributed by atoms with van der Waals surface area (Å²) in [4.78, 5) is 11.8. The first-order chi connectivity index (χ1) is 7.11. The Labute approximate surface area is 89.6 Å². The molecule has 2 heteroatoms. The van der Waals surface area contributed by atoms with Crippen LogP contribution in [-0.4, -0.2) is 12.4 Å². The third kappa shape index (κ3) is 1.56. The van der Waals surface area contributed by atoms with Gasteiger partial charge in [0.2, 0.25) is 0 Å². The zero-order chi connectivity index (χ0) is 11.0. The molecule has 0 fully saturated rings. The van der Waals surface area contributed by atoms with E-state index < -0.39 is 0 Å². The van der Waals surface area contributed by atoms with E-state index in [1.807, 2.05) is 12.1 Å². The number of benzene rings is 1. The summed E-state index contributed by atoms with van der Waals surface area (Å²) < 4.78 is 5.58. The summed E-state index contributed by atoms with van der Waals surface area (Å²) in [6.45, 7) is 8.19. The van der Waals surface area contributed by atoms with Crippen LogP contribution in [0.1, 0.15) is 35.7 Å². The fourth-order valence-electron chi connectivity index (χ4n) is 1.76. The molecule has 15 heavy (non-hydrogen) atoms. The first-order valence-corrected chi connectivity index (χ1v) is 5.09. The predicted molar refractivity (Wildman–Crippen MR) is 59.5 cm³/mol. The minimum absolute atomic E-state index is 0.0127. The second kappa shape index (κ2) is 3.54. The van der Waals surface area contributed by atoms with Crippen LogP contribution in [0.15, 0.2) is 30.4 Å². The Morgan fingerprint density at radius 1 is 1.40 bits per heavy atom. The number of Topliss-reactive ketones (excluding diaryl/α,β-unsaturated/α-hetero) is 1. The van der Waals surface area contributed by atoms with Crippen molar-refractivity contribution in [1.82, 2.24) is 0 Å². The van der Waals surface area contributed by atoms with Crippen molar-refractivity contribution < 1.29 is 9.53 Å². The van der Waals surface area contributed by atoms with Gasteiger partial charge in [-0.25, -0.2) is 0 Å². The SMILES string of the molecule is C=C1COc2c(cccc2C(C)C)C1=O. The maximum atomic E-state index is 11.8. The number of rotatable bonds is 1. The van der Waals surface area contributed by atoms with Crippen molar-refractivity contribution in [3.63, 3.8) is 0 Å². The van der Waals surface area contributed by atoms with Crippen molar-refractivity contribution in [3.05, 3.63) is 41.5 Å². The molecule has 1 heterocycles. The van der Waals surface area contributed by atoms with Crippen LogP contribution < -0.4 is 4.74 Å². The molecular formula is C13H14O2. The first-order valence-electron chi connectivity index (χ1n) is 5.09. The molecule has 0 saturated heterocycles. The van der Waals surface area contributed by atoms with Gasteiger partial charge in [-0.3, -0.25) is 4.79 Å². The van der Waals surface area contributed by atoms with Gasteiger partial charge in [0.15, 0.2) is 5.78 Å². The van der Waals surface area contributed by atoms with Crippen LogP contribution in [0.25, 0.3) is 0 Å². The summed E-state index contributed by atoms with van der Waals surface area (Å²) in [5.41, 5.74) is 2.27. The standard InChI is InChI=1S/C13H14O2/c1-8(2)10-5-4-6-11-12(14)9(3)7-15-13(10)11/h4-6,8H,3,7H2,1-2H3. The van der Waals surface area contributed by atoms with Gasteiger partial charge in [0.25, 0.3) is 0 Å². The highest BCUT2D eigenvalue weighted by molar-refractivity contribution is 6.11. The molecule has 0 bridgehead atoms. The van der Waals surface area contributed by atoms with E-state index in [4.69, 9.17) is 4.74 Å². The Morgan fingerprint density at radius 3 is 2.80 bits per heavy atom. The summed E-state index contributed by atoms with van der Waals surface area (Å²) >= 11 is 0. The summed E-state index contributed by atoms with van der Waals surface area (Å²) in [7, 11) is 0. The van der Waals surface area contributed by atoms with E-state index in [-0.39, 0.29) is 5.78 Å². The normalized spacial score (nSPS) is 15.1. The Hall–Kier alpha value is -1.57. The zero-order valence-electron chi connectivity index (χ0n) is 9.04. The van der Waals surface area contributed by atoms with Crippen LogP contribution in [0.2, 0.25) is 0 Å². The lowest BCUT2D eigenvalue weighted by atomic mass is 9.94. The summed E-state index contributed by atoms with van der Waals surface area (Å²) in [5.74, 6) is 1.11. The highest BCUT2D eigenvalue weighted by Gasteiger charge is 2.24. The Balaban J connectivity index is 2.58. The molecule has 0 N–H and O–H groups in total. The molecule has 2 nitrogen and oxygen atoms in total. The van der Waals surface area contributed by atoms with Gasteiger partial charge in [0, 0.05) is 5.57 Å². The monoisotopic (exact) mass is 202 g/mol. The van der Waals surface area contributed by atoms with Crippen molar-refractivity contribution in [1.29, 1.82) is 0 Å². The van der Waals surface area contributed by atoms with Crippen LogP contribution in [-0.2, 0) is 0 Å². The summed E-state index contributed by atoms with van der Waals surface area (Å²) in [5, 5.41) is 0. The fraction of sp³-hybridized carbons (Fsp3) is 0.308. The van der Waals surface area contributed by atoms with Gasteiger partial charge in [0.05, 0.1) is 5.56 Å². The van der Waals surface area contributed by atoms with E-state index in [0.29, 0.717) is 23.7 Å². The van der Waals surface area contributed by atoms with E-state index in [2.05, 4.69) is 20.4 Å². The number of carbonyl (C=O) groups is 1. The molecule has 0 saturated carbocycles. The summed E-state index contributed by atoms with van der Waals surface area (Å²) in [6, 6.07) is 5.70. The lowest BCUT2D eigenvalue weighted by Gasteiger charge is -2.22. The number of fused-ring (bicyclic) bond motifs is 1. The van der Waals surface area contributed by atoms with Gasteiger partial charge in [-0.15, -0.1) is 0 Å². The molecule has 1 aliphatic rings. The minimum Gasteiger partial charge on any atom is -0.488 e. The maximum Gasteiger partial charge on any atom is 0.195 e. The lowest BCUT2D eigenvalue weighted by molar-refractivity contribution is 0.0999. The zero-order valence-corrected chi connectivity index (χ0v) is 9.04. The predicted octanol–water partition coefficient (Wildman–Crippen LogP) is 2.94. The van der Waals surface area contributed by atoms with E-state index in [9.17, 15) is 4.79 Å². The van der Waals surface area contributed by atoms with Crippen LogP contribution in [0.5, 0.6) is 5.75 Å². The number of hydrogen-bond acceptors (Lipinski definition) is 2. The quantitative estimate of drug-likeness (QED) is 0.654. The molecule has 2 rings (SSSR count). The number of hydrogen-bond donors (Lipinski definition) is 0.